The molecule has 1 aromatic rings. The Balaban J connectivity index is 1.64. The standard InChI is InChI=1S/C16H22N2O2/c1-2-14-13(8-9-20-14)10-18-11-17-15(16(18)19)12-6-4-3-5-7-12/h3-7,13-15,17H,2,8-11H2,1H3. The highest BCUT2D eigenvalue weighted by molar-refractivity contribution is 5.85. The van der Waals surface area contributed by atoms with Gasteiger partial charge in [0.1, 0.15) is 6.04 Å². The molecule has 0 bridgehead atoms. The van der Waals surface area contributed by atoms with Gasteiger partial charge in [0.25, 0.3) is 0 Å². The maximum absolute atomic E-state index is 12.5. The molecule has 3 unspecified atom stereocenters. The first kappa shape index (κ1) is 13.6. The van der Waals surface area contributed by atoms with Crippen LogP contribution >= 0.6 is 0 Å². The summed E-state index contributed by atoms with van der Waals surface area (Å²) in [5, 5.41) is 3.32. The van der Waals surface area contributed by atoms with E-state index in [4.69, 9.17) is 4.74 Å². The van der Waals surface area contributed by atoms with Crippen LogP contribution in [0.25, 0.3) is 0 Å². The van der Waals surface area contributed by atoms with Gasteiger partial charge in [-0.3, -0.25) is 10.1 Å². The average molecular weight is 274 g/mol. The number of benzene rings is 1. The number of hydrogen-bond acceptors (Lipinski definition) is 3. The van der Waals surface area contributed by atoms with Gasteiger partial charge in [-0.25, -0.2) is 0 Å². The Hall–Kier alpha value is -1.39. The van der Waals surface area contributed by atoms with Crippen LogP contribution in [0.4, 0.5) is 0 Å². The lowest BCUT2D eigenvalue weighted by Crippen LogP contribution is -2.35. The number of amides is 1. The highest BCUT2D eigenvalue weighted by atomic mass is 16.5. The van der Waals surface area contributed by atoms with Gasteiger partial charge in [-0.15, -0.1) is 0 Å². The molecule has 2 heterocycles. The zero-order chi connectivity index (χ0) is 13.9. The van der Waals surface area contributed by atoms with E-state index in [2.05, 4.69) is 12.2 Å². The number of carbonyl (C=O) groups is 1. The summed E-state index contributed by atoms with van der Waals surface area (Å²) in [6.07, 6.45) is 2.42. The molecular weight excluding hydrogens is 252 g/mol. The van der Waals surface area contributed by atoms with Crippen molar-refractivity contribution in [2.24, 2.45) is 5.92 Å². The van der Waals surface area contributed by atoms with Crippen molar-refractivity contribution < 1.29 is 9.53 Å². The quantitative estimate of drug-likeness (QED) is 0.912. The summed E-state index contributed by atoms with van der Waals surface area (Å²) in [7, 11) is 0. The molecule has 3 rings (SSSR count). The van der Waals surface area contributed by atoms with Crippen LogP contribution in [0.15, 0.2) is 30.3 Å². The fourth-order valence-corrected chi connectivity index (χ4v) is 3.25. The van der Waals surface area contributed by atoms with Crippen LogP contribution in [0.3, 0.4) is 0 Å². The normalized spacial score (nSPS) is 30.1. The predicted octanol–water partition coefficient (Wildman–Crippen LogP) is 1.93. The molecule has 1 aromatic carbocycles. The van der Waals surface area contributed by atoms with Crippen LogP contribution in [0.1, 0.15) is 31.4 Å². The number of hydrogen-bond donors (Lipinski definition) is 1. The first-order chi connectivity index (χ1) is 9.79. The van der Waals surface area contributed by atoms with Crippen molar-refractivity contribution in [2.45, 2.75) is 31.9 Å². The summed E-state index contributed by atoms with van der Waals surface area (Å²) in [6, 6.07) is 9.76. The van der Waals surface area contributed by atoms with Crippen LogP contribution in [-0.4, -0.2) is 36.7 Å². The summed E-state index contributed by atoms with van der Waals surface area (Å²) in [4.78, 5) is 14.5. The third-order valence-corrected chi connectivity index (χ3v) is 4.38. The number of nitrogens with zero attached hydrogens (tertiary/aromatic N) is 1. The summed E-state index contributed by atoms with van der Waals surface area (Å²) in [5.41, 5.74) is 1.05. The van der Waals surface area contributed by atoms with Crippen LogP contribution in [-0.2, 0) is 9.53 Å². The lowest BCUT2D eigenvalue weighted by molar-refractivity contribution is -0.129. The SMILES string of the molecule is CCC1OCCC1CN1CNC(c2ccccc2)C1=O. The van der Waals surface area contributed by atoms with Gasteiger partial charge < -0.3 is 9.64 Å². The highest BCUT2D eigenvalue weighted by Gasteiger charge is 2.36. The smallest absolute Gasteiger partial charge is 0.245 e. The predicted molar refractivity (Wildman–Crippen MR) is 77.0 cm³/mol. The second-order valence-electron chi connectivity index (χ2n) is 5.63. The van der Waals surface area contributed by atoms with Crippen molar-refractivity contribution >= 4 is 5.91 Å². The first-order valence-corrected chi connectivity index (χ1v) is 7.48. The minimum absolute atomic E-state index is 0.182. The van der Waals surface area contributed by atoms with Gasteiger partial charge in [-0.05, 0) is 18.4 Å². The van der Waals surface area contributed by atoms with Gasteiger partial charge in [0.2, 0.25) is 5.91 Å². The van der Waals surface area contributed by atoms with Crippen molar-refractivity contribution in [1.82, 2.24) is 10.2 Å². The van der Waals surface area contributed by atoms with Crippen molar-refractivity contribution in [3.8, 4) is 0 Å². The summed E-state index contributed by atoms with van der Waals surface area (Å²) >= 11 is 0. The molecular formula is C16H22N2O2. The van der Waals surface area contributed by atoms with Crippen LogP contribution < -0.4 is 5.32 Å². The molecule has 1 N–H and O–H groups in total. The second kappa shape index (κ2) is 5.94. The van der Waals surface area contributed by atoms with Gasteiger partial charge in [-0.1, -0.05) is 37.3 Å². The van der Waals surface area contributed by atoms with E-state index >= 15 is 0 Å². The third kappa shape index (κ3) is 2.58. The lowest BCUT2D eigenvalue weighted by atomic mass is 9.99. The minimum atomic E-state index is -0.182. The summed E-state index contributed by atoms with van der Waals surface area (Å²) in [5.74, 6) is 0.679. The average Bonchev–Trinajstić information content (AvgIpc) is 3.08. The molecule has 2 saturated heterocycles. The molecule has 1 amide bonds. The van der Waals surface area contributed by atoms with Crippen LogP contribution in [0, 0.1) is 5.92 Å². The number of nitrogens with one attached hydrogen (secondary N) is 1. The number of rotatable bonds is 4. The molecule has 0 radical (unpaired) electrons. The molecule has 108 valence electrons. The Kier molecular flexibility index (Phi) is 4.03. The van der Waals surface area contributed by atoms with Gasteiger partial charge in [0, 0.05) is 19.1 Å². The molecule has 4 heteroatoms. The lowest BCUT2D eigenvalue weighted by Gasteiger charge is -2.23. The highest BCUT2D eigenvalue weighted by Crippen LogP contribution is 2.27. The van der Waals surface area contributed by atoms with Crippen molar-refractivity contribution in [3.63, 3.8) is 0 Å². The Morgan fingerprint density at radius 1 is 1.35 bits per heavy atom. The first-order valence-electron chi connectivity index (χ1n) is 7.48. The van der Waals surface area contributed by atoms with Crippen LogP contribution in [0.5, 0.6) is 0 Å². The molecule has 0 spiro atoms. The van der Waals surface area contributed by atoms with E-state index in [1.165, 1.54) is 0 Å². The van der Waals surface area contributed by atoms with E-state index in [1.54, 1.807) is 0 Å². The largest absolute Gasteiger partial charge is 0.378 e. The summed E-state index contributed by atoms with van der Waals surface area (Å²) < 4.78 is 5.71. The van der Waals surface area contributed by atoms with E-state index < -0.39 is 0 Å². The van der Waals surface area contributed by atoms with Gasteiger partial charge in [0.05, 0.1) is 12.8 Å². The molecule has 3 atom stereocenters. The van der Waals surface area contributed by atoms with Gasteiger partial charge >= 0.3 is 0 Å². The van der Waals surface area contributed by atoms with E-state index in [0.29, 0.717) is 18.7 Å². The Morgan fingerprint density at radius 3 is 2.90 bits per heavy atom. The second-order valence-corrected chi connectivity index (χ2v) is 5.63. The number of ether oxygens (including phenoxy) is 1. The topological polar surface area (TPSA) is 41.6 Å². The minimum Gasteiger partial charge on any atom is -0.378 e. The zero-order valence-electron chi connectivity index (χ0n) is 11.9. The monoisotopic (exact) mass is 274 g/mol. The van der Waals surface area contributed by atoms with Gasteiger partial charge in [0.15, 0.2) is 0 Å². The molecule has 0 saturated carbocycles. The fraction of sp³-hybridized carbons (Fsp3) is 0.562. The van der Waals surface area contributed by atoms with Gasteiger partial charge in [-0.2, -0.15) is 0 Å². The Labute approximate surface area is 120 Å². The maximum Gasteiger partial charge on any atom is 0.245 e. The van der Waals surface area contributed by atoms with E-state index in [9.17, 15) is 4.79 Å². The molecule has 2 aliphatic rings. The van der Waals surface area contributed by atoms with Crippen molar-refractivity contribution in [3.05, 3.63) is 35.9 Å². The van der Waals surface area contributed by atoms with E-state index in [1.807, 2.05) is 35.2 Å². The molecule has 0 aromatic heterocycles. The molecule has 2 fully saturated rings. The molecule has 4 nitrogen and oxygen atoms in total. The number of carbonyl (C=O) groups excluding carboxylic acids is 1. The van der Waals surface area contributed by atoms with E-state index in [0.717, 1.165) is 31.6 Å². The van der Waals surface area contributed by atoms with Crippen molar-refractivity contribution in [2.75, 3.05) is 19.8 Å². The zero-order valence-corrected chi connectivity index (χ0v) is 11.9. The molecule has 2 aliphatic heterocycles. The summed E-state index contributed by atoms with van der Waals surface area (Å²) in [6.45, 7) is 4.44. The Morgan fingerprint density at radius 2 is 2.15 bits per heavy atom. The Bertz CT molecular complexity index is 463. The maximum atomic E-state index is 12.5. The van der Waals surface area contributed by atoms with Crippen molar-refractivity contribution in [1.29, 1.82) is 0 Å². The van der Waals surface area contributed by atoms with Crippen LogP contribution in [0.2, 0.25) is 0 Å². The van der Waals surface area contributed by atoms with E-state index in [-0.39, 0.29) is 11.9 Å². The molecule has 20 heavy (non-hydrogen) atoms. The fourth-order valence-electron chi connectivity index (χ4n) is 3.25. The third-order valence-electron chi connectivity index (χ3n) is 4.38. The molecule has 0 aliphatic carbocycles.